The van der Waals surface area contributed by atoms with Gasteiger partial charge in [0.25, 0.3) is 0 Å². The van der Waals surface area contributed by atoms with Crippen LogP contribution in [-0.2, 0) is 28.5 Å². The van der Waals surface area contributed by atoms with Gasteiger partial charge in [-0.1, -0.05) is 0 Å². The van der Waals surface area contributed by atoms with Crippen LogP contribution in [0.25, 0.3) is 0 Å². The number of carbonyl (C=O) groups excluding carboxylic acids is 1. The Bertz CT molecular complexity index is 1380. The second kappa shape index (κ2) is 10.4. The van der Waals surface area contributed by atoms with Crippen LogP contribution >= 0.6 is 0 Å². The van der Waals surface area contributed by atoms with Gasteiger partial charge in [-0.3, -0.25) is 4.79 Å². The lowest BCUT2D eigenvalue weighted by Gasteiger charge is -2.47. The average molecular weight is 590 g/mol. The number of ether oxygens (including phenoxy) is 9. The Labute approximate surface area is 242 Å². The van der Waals surface area contributed by atoms with Crippen LogP contribution < -0.4 is 18.9 Å². The Kier molecular flexibility index (Phi) is 6.54. The molecule has 4 aliphatic heterocycles. The number of aromatic hydroxyl groups is 1. The number of aliphatic hydroxyl groups is 2. The summed E-state index contributed by atoms with van der Waals surface area (Å²) in [4.78, 5) is 13.4. The van der Waals surface area contributed by atoms with Crippen molar-refractivity contribution < 1.29 is 64.1 Å². The molecule has 226 valence electrons. The summed E-state index contributed by atoms with van der Waals surface area (Å²) >= 11 is 0. The number of fused-ring (bicyclic) bond motifs is 4. The van der Waals surface area contributed by atoms with Gasteiger partial charge >= 0.3 is 5.97 Å². The molecule has 0 spiro atoms. The topological polar surface area (TPSA) is 161 Å². The van der Waals surface area contributed by atoms with Crippen LogP contribution in [0.2, 0.25) is 0 Å². The molecule has 0 saturated carbocycles. The Morgan fingerprint density at radius 1 is 0.929 bits per heavy atom. The molecule has 0 amide bonds. The second-order valence-corrected chi connectivity index (χ2v) is 10.9. The summed E-state index contributed by atoms with van der Waals surface area (Å²) in [5, 5.41) is 32.6. The Hall–Kier alpha value is -3.33. The quantitative estimate of drug-likeness (QED) is 0.429. The van der Waals surface area contributed by atoms with Crippen molar-refractivity contribution in [2.24, 2.45) is 11.8 Å². The summed E-state index contributed by atoms with van der Waals surface area (Å²) in [6, 6.07) is 6.87. The van der Waals surface area contributed by atoms with Gasteiger partial charge in [-0.15, -0.1) is 0 Å². The molecule has 2 aromatic carbocycles. The number of hydrogen-bond acceptors (Lipinski definition) is 13. The minimum Gasteiger partial charge on any atom is -0.502 e. The van der Waals surface area contributed by atoms with Gasteiger partial charge in [0, 0.05) is 13.2 Å². The summed E-state index contributed by atoms with van der Waals surface area (Å²) < 4.78 is 58.9. The first-order valence-corrected chi connectivity index (χ1v) is 13.6. The van der Waals surface area contributed by atoms with E-state index in [-0.39, 0.29) is 44.2 Å². The van der Waals surface area contributed by atoms with Crippen molar-refractivity contribution >= 4 is 5.97 Å². The maximum absolute atomic E-state index is 13.4. The molecule has 13 heteroatoms. The van der Waals surface area contributed by atoms with E-state index in [1.807, 2.05) is 0 Å². The highest BCUT2D eigenvalue weighted by molar-refractivity contribution is 5.79. The number of esters is 1. The predicted octanol–water partition coefficient (Wildman–Crippen LogP) is 1.34. The van der Waals surface area contributed by atoms with Crippen LogP contribution in [0.15, 0.2) is 24.3 Å². The molecular weight excluding hydrogens is 556 g/mol. The van der Waals surface area contributed by atoms with E-state index in [0.29, 0.717) is 28.2 Å². The summed E-state index contributed by atoms with van der Waals surface area (Å²) in [7, 11) is 2.84. The lowest BCUT2D eigenvalue weighted by atomic mass is 9.66. The predicted molar refractivity (Wildman–Crippen MR) is 138 cm³/mol. The zero-order valence-corrected chi connectivity index (χ0v) is 22.8. The van der Waals surface area contributed by atoms with Crippen molar-refractivity contribution in [1.82, 2.24) is 0 Å². The maximum Gasteiger partial charge on any atom is 0.310 e. The molecule has 1 unspecified atom stereocenters. The van der Waals surface area contributed by atoms with Crippen LogP contribution in [0.1, 0.15) is 37.0 Å². The Morgan fingerprint density at radius 3 is 2.33 bits per heavy atom. The SMILES string of the molecule is [2H]CC1OC[C@H]2O[C@@H](O[C@@H]3c4cc5c(cc4[C@@H](c4cc(OC)c(O)c(OC)c4)[C@H]4C(=O)OC[C@@H]43)OCO5)[C@H](O)[C@@H](O)[C@@H]2O1. The van der Waals surface area contributed by atoms with E-state index in [1.165, 1.54) is 14.2 Å². The molecule has 0 bridgehead atoms. The second-order valence-electron chi connectivity index (χ2n) is 10.9. The molecule has 4 heterocycles. The third kappa shape index (κ3) is 4.26. The van der Waals surface area contributed by atoms with Crippen molar-refractivity contribution in [3.8, 4) is 28.7 Å². The van der Waals surface area contributed by atoms with E-state index in [0.717, 1.165) is 0 Å². The monoisotopic (exact) mass is 589 g/mol. The molecule has 10 atom stereocenters. The standard InChI is InChI=1S/C29H32O13/c1-11-36-9-20-27(40-11)24(31)25(32)29(41-20)42-26-14-7-17-16(38-10-39-17)6-13(14)21(22-15(26)8-37-28(22)33)12-4-18(34-2)23(30)19(5-12)35-3/h4-7,11,15,20-22,24-27,29-32H,8-10H2,1-3H3/t11?,15-,20+,21+,22-,24+,25+,26+,27+,29-/m0/s1/i1D. The lowest BCUT2D eigenvalue weighted by Crippen LogP contribution is -2.63. The summed E-state index contributed by atoms with van der Waals surface area (Å²) in [5.74, 6) is -1.17. The van der Waals surface area contributed by atoms with Crippen LogP contribution in [0.5, 0.6) is 28.7 Å². The number of methoxy groups -OCH3 is 2. The van der Waals surface area contributed by atoms with Crippen molar-refractivity contribution in [2.75, 3.05) is 34.2 Å². The van der Waals surface area contributed by atoms with E-state index >= 15 is 0 Å². The number of phenols is 1. The van der Waals surface area contributed by atoms with Gasteiger partial charge in [-0.25, -0.2) is 0 Å². The average Bonchev–Trinajstić information content (AvgIpc) is 3.65. The highest BCUT2D eigenvalue weighted by Gasteiger charge is 2.56. The molecule has 7 rings (SSSR count). The van der Waals surface area contributed by atoms with Gasteiger partial charge in [-0.05, 0) is 47.9 Å². The van der Waals surface area contributed by atoms with E-state index in [2.05, 4.69) is 0 Å². The molecule has 0 radical (unpaired) electrons. The van der Waals surface area contributed by atoms with E-state index in [1.54, 1.807) is 24.3 Å². The number of hydrogen-bond donors (Lipinski definition) is 3. The van der Waals surface area contributed by atoms with Crippen LogP contribution in [0.3, 0.4) is 0 Å². The number of phenolic OH excluding ortho intramolecular Hbond substituents is 1. The van der Waals surface area contributed by atoms with Crippen molar-refractivity contribution in [3.63, 3.8) is 0 Å². The fourth-order valence-corrected chi connectivity index (χ4v) is 6.66. The largest absolute Gasteiger partial charge is 0.502 e. The smallest absolute Gasteiger partial charge is 0.310 e. The highest BCUT2D eigenvalue weighted by atomic mass is 16.8. The first-order valence-electron chi connectivity index (χ1n) is 14.3. The molecule has 13 nitrogen and oxygen atoms in total. The van der Waals surface area contributed by atoms with Gasteiger partial charge in [0.1, 0.15) is 24.4 Å². The van der Waals surface area contributed by atoms with Gasteiger partial charge in [0.15, 0.2) is 35.6 Å². The Balaban J connectivity index is 1.30. The minimum absolute atomic E-state index is 0.0171. The molecule has 42 heavy (non-hydrogen) atoms. The molecule has 0 aromatic heterocycles. The van der Waals surface area contributed by atoms with Crippen molar-refractivity contribution in [2.45, 2.75) is 55.9 Å². The third-order valence-electron chi connectivity index (χ3n) is 8.66. The minimum atomic E-state index is -1.50. The first-order chi connectivity index (χ1) is 20.8. The fourth-order valence-electron chi connectivity index (χ4n) is 6.66. The van der Waals surface area contributed by atoms with Crippen LogP contribution in [0.4, 0.5) is 0 Å². The number of carbonyl (C=O) groups is 1. The van der Waals surface area contributed by atoms with Crippen LogP contribution in [0, 0.1) is 11.8 Å². The van der Waals surface area contributed by atoms with Gasteiger partial charge in [0.2, 0.25) is 12.5 Å². The maximum atomic E-state index is 13.4. The van der Waals surface area contributed by atoms with Crippen molar-refractivity contribution in [3.05, 3.63) is 41.0 Å². The normalized spacial score (nSPS) is 36.8. The summed E-state index contributed by atoms with van der Waals surface area (Å²) in [6.07, 6.45) is -7.50. The zero-order chi connectivity index (χ0) is 30.0. The Morgan fingerprint density at radius 2 is 1.64 bits per heavy atom. The van der Waals surface area contributed by atoms with Crippen molar-refractivity contribution in [1.29, 1.82) is 0 Å². The molecule has 3 saturated heterocycles. The van der Waals surface area contributed by atoms with E-state index in [9.17, 15) is 20.1 Å². The summed E-state index contributed by atoms with van der Waals surface area (Å²) in [6.45, 7) is -0.0844. The molecular formula is C29H32O13. The third-order valence-corrected chi connectivity index (χ3v) is 8.66. The fraction of sp³-hybridized carbons (Fsp3) is 0.552. The number of aliphatic hydroxyl groups excluding tert-OH is 2. The molecule has 3 fully saturated rings. The molecule has 5 aliphatic rings. The van der Waals surface area contributed by atoms with E-state index in [4.69, 9.17) is 44.0 Å². The van der Waals surface area contributed by atoms with Gasteiger partial charge in [-0.2, -0.15) is 0 Å². The zero-order valence-electron chi connectivity index (χ0n) is 23.8. The molecule has 2 aromatic rings. The number of rotatable bonds is 5. The highest BCUT2D eigenvalue weighted by Crippen LogP contribution is 2.57. The first kappa shape index (κ1) is 26.3. The number of cyclic esters (lactones) is 1. The molecule has 3 N–H and O–H groups in total. The lowest BCUT2D eigenvalue weighted by molar-refractivity contribution is -0.364. The van der Waals surface area contributed by atoms with Gasteiger partial charge in [0.05, 0.1) is 39.5 Å². The molecule has 1 aliphatic carbocycles. The van der Waals surface area contributed by atoms with Crippen LogP contribution in [-0.4, -0.2) is 92.5 Å². The van der Waals surface area contributed by atoms with E-state index < -0.39 is 66.8 Å². The number of benzene rings is 2. The van der Waals surface area contributed by atoms with Gasteiger partial charge < -0.3 is 58.0 Å². The summed E-state index contributed by atoms with van der Waals surface area (Å²) in [5.41, 5.74) is 1.96.